The van der Waals surface area contributed by atoms with Crippen LogP contribution in [0.1, 0.15) is 57.8 Å². The number of nitrogens with one attached hydrogen (secondary N) is 1. The molecule has 0 aromatic rings. The lowest BCUT2D eigenvalue weighted by Crippen LogP contribution is -2.45. The monoisotopic (exact) mass is 254 g/mol. The minimum atomic E-state index is -0.351. The van der Waals surface area contributed by atoms with Crippen molar-refractivity contribution in [2.45, 2.75) is 76.0 Å². The van der Waals surface area contributed by atoms with Gasteiger partial charge in [0, 0.05) is 12.5 Å². The Bertz CT molecular complexity index is 283. The maximum atomic E-state index is 12.0. The Morgan fingerprint density at radius 3 is 2.67 bits per heavy atom. The van der Waals surface area contributed by atoms with Gasteiger partial charge >= 0.3 is 0 Å². The highest BCUT2D eigenvalue weighted by molar-refractivity contribution is 5.76. The first kappa shape index (κ1) is 13.8. The Labute approximate surface area is 109 Å². The van der Waals surface area contributed by atoms with E-state index in [9.17, 15) is 9.90 Å². The van der Waals surface area contributed by atoms with Crippen LogP contribution in [0.15, 0.2) is 0 Å². The van der Waals surface area contributed by atoms with Crippen LogP contribution in [0.2, 0.25) is 0 Å². The fourth-order valence-electron chi connectivity index (χ4n) is 3.33. The van der Waals surface area contributed by atoms with Gasteiger partial charge in [-0.1, -0.05) is 19.3 Å². The smallest absolute Gasteiger partial charge is 0.220 e. The molecule has 0 aromatic heterocycles. The lowest BCUT2D eigenvalue weighted by atomic mass is 9.84. The molecule has 4 heteroatoms. The second kappa shape index (κ2) is 6.53. The molecule has 4 nitrogen and oxygen atoms in total. The molecule has 0 heterocycles. The highest BCUT2D eigenvalue weighted by Crippen LogP contribution is 2.26. The fourth-order valence-corrected chi connectivity index (χ4v) is 3.33. The Morgan fingerprint density at radius 1 is 1.17 bits per heavy atom. The van der Waals surface area contributed by atoms with Gasteiger partial charge in [0.15, 0.2) is 0 Å². The van der Waals surface area contributed by atoms with Gasteiger partial charge in [-0.25, -0.2) is 0 Å². The lowest BCUT2D eigenvalue weighted by Gasteiger charge is -2.30. The molecule has 0 bridgehead atoms. The van der Waals surface area contributed by atoms with Gasteiger partial charge in [0.05, 0.1) is 12.1 Å². The van der Waals surface area contributed by atoms with Crippen LogP contribution in [0.25, 0.3) is 0 Å². The predicted octanol–water partition coefficient (Wildman–Crippen LogP) is 1.31. The third-order valence-corrected chi connectivity index (χ3v) is 4.37. The molecule has 4 unspecified atom stereocenters. The molecule has 2 rings (SSSR count). The van der Waals surface area contributed by atoms with Gasteiger partial charge in [-0.15, -0.1) is 0 Å². The van der Waals surface area contributed by atoms with Gasteiger partial charge in [0.2, 0.25) is 5.91 Å². The summed E-state index contributed by atoms with van der Waals surface area (Å²) < 4.78 is 0. The summed E-state index contributed by atoms with van der Waals surface area (Å²) in [6.07, 6.45) is 8.48. The van der Waals surface area contributed by atoms with Crippen molar-refractivity contribution in [2.75, 3.05) is 0 Å². The van der Waals surface area contributed by atoms with Crippen LogP contribution in [0.4, 0.5) is 0 Å². The molecular formula is C14H26N2O2. The zero-order chi connectivity index (χ0) is 13.0. The van der Waals surface area contributed by atoms with Crippen molar-refractivity contribution in [3.8, 4) is 0 Å². The first-order valence-corrected chi connectivity index (χ1v) is 7.38. The molecule has 0 saturated heterocycles. The van der Waals surface area contributed by atoms with E-state index >= 15 is 0 Å². The number of rotatable bonds is 3. The number of nitrogens with two attached hydrogens (primary N) is 1. The fraction of sp³-hybridized carbons (Fsp3) is 0.929. The van der Waals surface area contributed by atoms with Crippen molar-refractivity contribution in [1.82, 2.24) is 5.32 Å². The number of amides is 1. The number of carbonyl (C=O) groups excluding carboxylic acids is 1. The van der Waals surface area contributed by atoms with Crippen LogP contribution in [-0.4, -0.2) is 29.2 Å². The van der Waals surface area contributed by atoms with Crippen molar-refractivity contribution in [1.29, 1.82) is 0 Å². The normalized spacial score (nSPS) is 37.2. The molecular weight excluding hydrogens is 228 g/mol. The number of hydrogen-bond donors (Lipinski definition) is 3. The summed E-state index contributed by atoms with van der Waals surface area (Å²) in [6.45, 7) is 0. The average Bonchev–Trinajstić information content (AvgIpc) is 2.32. The summed E-state index contributed by atoms with van der Waals surface area (Å²) in [4.78, 5) is 12.0. The molecule has 1 amide bonds. The van der Waals surface area contributed by atoms with Gasteiger partial charge in [-0.3, -0.25) is 4.79 Å². The molecule has 0 aromatic carbocycles. The minimum absolute atomic E-state index is 0.0245. The maximum Gasteiger partial charge on any atom is 0.220 e. The zero-order valence-corrected chi connectivity index (χ0v) is 11.1. The summed E-state index contributed by atoms with van der Waals surface area (Å²) in [6, 6.07) is 0.250. The first-order chi connectivity index (χ1) is 8.65. The topological polar surface area (TPSA) is 75.4 Å². The van der Waals surface area contributed by atoms with E-state index in [2.05, 4.69) is 5.32 Å². The molecule has 0 aliphatic heterocycles. The molecule has 2 aliphatic rings. The van der Waals surface area contributed by atoms with E-state index in [1.54, 1.807) is 0 Å². The van der Waals surface area contributed by atoms with E-state index in [0.717, 1.165) is 51.4 Å². The largest absolute Gasteiger partial charge is 0.391 e. The molecule has 2 aliphatic carbocycles. The lowest BCUT2D eigenvalue weighted by molar-refractivity contribution is -0.124. The highest BCUT2D eigenvalue weighted by atomic mass is 16.3. The second-order valence-corrected chi connectivity index (χ2v) is 6.02. The van der Waals surface area contributed by atoms with Crippen LogP contribution < -0.4 is 11.1 Å². The number of aliphatic hydroxyl groups is 1. The molecule has 2 saturated carbocycles. The summed E-state index contributed by atoms with van der Waals surface area (Å²) >= 11 is 0. The zero-order valence-electron chi connectivity index (χ0n) is 11.1. The molecule has 104 valence electrons. The summed E-state index contributed by atoms with van der Waals surface area (Å²) in [5.74, 6) is 0.537. The third-order valence-electron chi connectivity index (χ3n) is 4.37. The van der Waals surface area contributed by atoms with Gasteiger partial charge in [0.1, 0.15) is 0 Å². The maximum absolute atomic E-state index is 12.0. The van der Waals surface area contributed by atoms with Crippen molar-refractivity contribution < 1.29 is 9.90 Å². The van der Waals surface area contributed by atoms with Crippen molar-refractivity contribution in [3.63, 3.8) is 0 Å². The van der Waals surface area contributed by atoms with E-state index in [-0.39, 0.29) is 24.1 Å². The Hall–Kier alpha value is -0.610. The van der Waals surface area contributed by atoms with Crippen molar-refractivity contribution >= 4 is 5.91 Å². The SMILES string of the molecule is NC1CCCC(CC(=O)NC2CCCCC2O)C1. The van der Waals surface area contributed by atoms with Crippen LogP contribution in [0.3, 0.4) is 0 Å². The Morgan fingerprint density at radius 2 is 1.94 bits per heavy atom. The predicted molar refractivity (Wildman–Crippen MR) is 71.0 cm³/mol. The quantitative estimate of drug-likeness (QED) is 0.711. The first-order valence-electron chi connectivity index (χ1n) is 7.38. The van der Waals surface area contributed by atoms with E-state index < -0.39 is 0 Å². The van der Waals surface area contributed by atoms with Gasteiger partial charge in [-0.2, -0.15) is 0 Å². The molecule has 0 spiro atoms. The summed E-state index contributed by atoms with van der Waals surface area (Å²) in [7, 11) is 0. The summed E-state index contributed by atoms with van der Waals surface area (Å²) in [5.41, 5.74) is 5.94. The van der Waals surface area contributed by atoms with Gasteiger partial charge in [0.25, 0.3) is 0 Å². The van der Waals surface area contributed by atoms with Gasteiger partial charge in [-0.05, 0) is 38.0 Å². The van der Waals surface area contributed by atoms with Crippen LogP contribution in [-0.2, 0) is 4.79 Å². The van der Waals surface area contributed by atoms with Gasteiger partial charge < -0.3 is 16.2 Å². The van der Waals surface area contributed by atoms with E-state index in [4.69, 9.17) is 5.73 Å². The molecule has 2 fully saturated rings. The molecule has 4 N–H and O–H groups in total. The Kier molecular flexibility index (Phi) is 5.01. The Balaban J connectivity index is 1.74. The van der Waals surface area contributed by atoms with E-state index in [1.165, 1.54) is 0 Å². The average molecular weight is 254 g/mol. The second-order valence-electron chi connectivity index (χ2n) is 6.02. The number of hydrogen-bond acceptors (Lipinski definition) is 3. The molecule has 18 heavy (non-hydrogen) atoms. The number of aliphatic hydroxyl groups excluding tert-OH is 1. The standard InChI is InChI=1S/C14H26N2O2/c15-11-5-3-4-10(8-11)9-14(18)16-12-6-1-2-7-13(12)17/h10-13,17H,1-9,15H2,(H,16,18). The molecule has 4 atom stereocenters. The van der Waals surface area contributed by atoms with Crippen LogP contribution in [0, 0.1) is 5.92 Å². The van der Waals surface area contributed by atoms with Crippen molar-refractivity contribution in [3.05, 3.63) is 0 Å². The van der Waals surface area contributed by atoms with E-state index in [0.29, 0.717) is 12.3 Å². The van der Waals surface area contributed by atoms with Crippen LogP contribution >= 0.6 is 0 Å². The minimum Gasteiger partial charge on any atom is -0.391 e. The van der Waals surface area contributed by atoms with Crippen molar-refractivity contribution in [2.24, 2.45) is 11.7 Å². The van der Waals surface area contributed by atoms with Crippen LogP contribution in [0.5, 0.6) is 0 Å². The molecule has 0 radical (unpaired) electrons. The highest BCUT2D eigenvalue weighted by Gasteiger charge is 2.26. The third kappa shape index (κ3) is 3.95. The number of carbonyl (C=O) groups is 1. The van der Waals surface area contributed by atoms with E-state index in [1.807, 2.05) is 0 Å². The summed E-state index contributed by atoms with van der Waals surface area (Å²) in [5, 5.41) is 12.8.